The van der Waals surface area contributed by atoms with E-state index in [-0.39, 0.29) is 11.8 Å². The fraction of sp³-hybridized carbons (Fsp3) is 0.833. The Labute approximate surface area is 80.4 Å². The van der Waals surface area contributed by atoms with Gasteiger partial charge in [-0.25, -0.2) is 0 Å². The zero-order chi connectivity index (χ0) is 8.85. The van der Waals surface area contributed by atoms with Gasteiger partial charge in [0.1, 0.15) is 4.84 Å². The summed E-state index contributed by atoms with van der Waals surface area (Å²) in [5.74, 6) is -0.824. The maximum absolute atomic E-state index is 10.0. The summed E-state index contributed by atoms with van der Waals surface area (Å²) in [7, 11) is 0. The minimum atomic E-state index is -0.824. The van der Waals surface area contributed by atoms with E-state index in [1.165, 1.54) is 0 Å². The van der Waals surface area contributed by atoms with Crippen LogP contribution in [0.4, 0.5) is 0 Å². The molecule has 1 unspecified atom stereocenters. The number of carboxylic acids is 1. The lowest BCUT2D eigenvalue weighted by molar-refractivity contribution is -0.137. The molecule has 66 valence electrons. The van der Waals surface area contributed by atoms with Crippen molar-refractivity contribution in [2.24, 2.45) is 0 Å². The van der Waals surface area contributed by atoms with Crippen LogP contribution in [0.15, 0.2) is 0 Å². The number of rotatable bonds is 5. The van der Waals surface area contributed by atoms with E-state index >= 15 is 0 Å². The first-order valence-electron chi connectivity index (χ1n) is 3.18. The molecule has 0 rings (SSSR count). The number of aliphatic carboxylic acids is 1. The number of hydrogen-bond donors (Lipinski definition) is 1. The monoisotopic (exact) mass is 218 g/mol. The fourth-order valence-electron chi connectivity index (χ4n) is 0.574. The van der Waals surface area contributed by atoms with Crippen molar-refractivity contribution in [2.75, 3.05) is 0 Å². The molecule has 0 aromatic rings. The predicted molar refractivity (Wildman–Crippen MR) is 46.6 cm³/mol. The van der Waals surface area contributed by atoms with E-state index in [0.29, 0.717) is 12.8 Å². The van der Waals surface area contributed by atoms with Crippen molar-refractivity contribution in [2.45, 2.75) is 29.5 Å². The highest BCUT2D eigenvalue weighted by Gasteiger charge is 2.13. The van der Waals surface area contributed by atoms with Crippen LogP contribution in [0.3, 0.4) is 0 Å². The molecule has 1 N–H and O–H groups in total. The molecule has 0 aromatic heterocycles. The quantitative estimate of drug-likeness (QED) is 0.722. The highest BCUT2D eigenvalue weighted by atomic mass is 35.5. The van der Waals surface area contributed by atoms with Crippen molar-refractivity contribution < 1.29 is 9.90 Å². The van der Waals surface area contributed by atoms with Gasteiger partial charge in [-0.15, -0.1) is 34.8 Å². The lowest BCUT2D eigenvalue weighted by Crippen LogP contribution is -2.08. The van der Waals surface area contributed by atoms with E-state index in [1.807, 2.05) is 0 Å². The lowest BCUT2D eigenvalue weighted by Gasteiger charge is -2.07. The van der Waals surface area contributed by atoms with Crippen LogP contribution in [0.5, 0.6) is 0 Å². The first kappa shape index (κ1) is 11.3. The van der Waals surface area contributed by atoms with Gasteiger partial charge in [-0.3, -0.25) is 4.79 Å². The summed E-state index contributed by atoms with van der Waals surface area (Å²) in [6.07, 6.45) is 1.16. The number of alkyl halides is 3. The molecule has 0 aromatic carbocycles. The van der Waals surface area contributed by atoms with Crippen molar-refractivity contribution in [1.29, 1.82) is 0 Å². The van der Waals surface area contributed by atoms with Gasteiger partial charge in [0.05, 0.1) is 5.38 Å². The molecular formula is C6H9Cl3O2. The molecule has 0 aliphatic rings. The Hall–Kier alpha value is 0.340. The van der Waals surface area contributed by atoms with E-state index in [2.05, 4.69) is 0 Å². The minimum Gasteiger partial charge on any atom is -0.481 e. The Balaban J connectivity index is 3.31. The second kappa shape index (κ2) is 5.92. The molecule has 0 bridgehead atoms. The van der Waals surface area contributed by atoms with E-state index < -0.39 is 10.8 Å². The number of carboxylic acid groups (broad SMARTS) is 1. The van der Waals surface area contributed by atoms with Crippen molar-refractivity contribution in [3.8, 4) is 0 Å². The topological polar surface area (TPSA) is 37.3 Å². The van der Waals surface area contributed by atoms with E-state index in [1.54, 1.807) is 0 Å². The van der Waals surface area contributed by atoms with Crippen LogP contribution in [0.1, 0.15) is 19.3 Å². The Morgan fingerprint density at radius 2 is 1.91 bits per heavy atom. The molecule has 0 saturated heterocycles. The van der Waals surface area contributed by atoms with E-state index in [4.69, 9.17) is 39.9 Å². The van der Waals surface area contributed by atoms with Crippen LogP contribution in [0.25, 0.3) is 0 Å². The van der Waals surface area contributed by atoms with Crippen molar-refractivity contribution >= 4 is 40.8 Å². The maximum atomic E-state index is 10.0. The van der Waals surface area contributed by atoms with Crippen LogP contribution in [0.2, 0.25) is 0 Å². The van der Waals surface area contributed by atoms with Crippen LogP contribution in [-0.2, 0) is 4.79 Å². The smallest absolute Gasteiger partial charge is 0.303 e. The van der Waals surface area contributed by atoms with E-state index in [9.17, 15) is 4.79 Å². The van der Waals surface area contributed by atoms with Gasteiger partial charge < -0.3 is 5.11 Å². The second-order valence-corrected chi connectivity index (χ2v) is 3.86. The standard InChI is InChI=1S/C6H9Cl3O2/c7-4(6(8)9)2-1-3-5(10)11/h4,6H,1-3H2,(H,10,11). The van der Waals surface area contributed by atoms with Crippen LogP contribution in [-0.4, -0.2) is 21.3 Å². The molecule has 5 heteroatoms. The minimum absolute atomic E-state index is 0.115. The van der Waals surface area contributed by atoms with Crippen molar-refractivity contribution in [1.82, 2.24) is 0 Å². The molecule has 0 spiro atoms. The normalized spacial score (nSPS) is 13.5. The number of halogens is 3. The molecule has 0 saturated carbocycles. The van der Waals surface area contributed by atoms with Gasteiger partial charge in [-0.1, -0.05) is 0 Å². The third kappa shape index (κ3) is 6.73. The zero-order valence-corrected chi connectivity index (χ0v) is 8.03. The Kier molecular flexibility index (Phi) is 6.11. The summed E-state index contributed by atoms with van der Waals surface area (Å²) in [5, 5.41) is 7.91. The average molecular weight is 219 g/mol. The molecule has 0 radical (unpaired) electrons. The summed E-state index contributed by atoms with van der Waals surface area (Å²) in [5.41, 5.74) is 0. The predicted octanol–water partition coefficient (Wildman–Crippen LogP) is 2.65. The summed E-state index contributed by atoms with van der Waals surface area (Å²) in [4.78, 5) is 9.42. The van der Waals surface area contributed by atoms with Gasteiger partial charge in [-0.2, -0.15) is 0 Å². The first-order valence-corrected chi connectivity index (χ1v) is 4.49. The number of hydrogen-bond acceptors (Lipinski definition) is 1. The lowest BCUT2D eigenvalue weighted by atomic mass is 10.2. The highest BCUT2D eigenvalue weighted by Crippen LogP contribution is 2.19. The zero-order valence-electron chi connectivity index (χ0n) is 5.77. The summed E-state index contributed by atoms with van der Waals surface area (Å²) in [6.45, 7) is 0. The summed E-state index contributed by atoms with van der Waals surface area (Å²) < 4.78 is 0. The third-order valence-electron chi connectivity index (χ3n) is 1.14. The second-order valence-electron chi connectivity index (χ2n) is 2.14. The van der Waals surface area contributed by atoms with Gasteiger partial charge in [0.2, 0.25) is 0 Å². The van der Waals surface area contributed by atoms with Gasteiger partial charge in [-0.05, 0) is 12.8 Å². The van der Waals surface area contributed by atoms with Crippen LogP contribution >= 0.6 is 34.8 Å². The average Bonchev–Trinajstić information content (AvgIpc) is 1.86. The molecule has 0 aliphatic heterocycles. The van der Waals surface area contributed by atoms with Crippen molar-refractivity contribution in [3.63, 3.8) is 0 Å². The Morgan fingerprint density at radius 1 is 1.36 bits per heavy atom. The Bertz CT molecular complexity index is 127. The summed E-state index contributed by atoms with van der Waals surface area (Å²) in [6, 6.07) is 0. The molecular weight excluding hydrogens is 210 g/mol. The highest BCUT2D eigenvalue weighted by molar-refractivity contribution is 6.48. The Morgan fingerprint density at radius 3 is 2.27 bits per heavy atom. The first-order chi connectivity index (χ1) is 5.04. The van der Waals surface area contributed by atoms with Gasteiger partial charge in [0, 0.05) is 6.42 Å². The van der Waals surface area contributed by atoms with Gasteiger partial charge >= 0.3 is 5.97 Å². The largest absolute Gasteiger partial charge is 0.481 e. The van der Waals surface area contributed by atoms with Crippen molar-refractivity contribution in [3.05, 3.63) is 0 Å². The van der Waals surface area contributed by atoms with Crippen LogP contribution < -0.4 is 0 Å². The molecule has 0 amide bonds. The molecule has 0 aliphatic carbocycles. The molecule has 0 fully saturated rings. The molecule has 0 heterocycles. The summed E-state index contributed by atoms with van der Waals surface area (Å²) >= 11 is 16.5. The molecule has 1 atom stereocenters. The van der Waals surface area contributed by atoms with Gasteiger partial charge in [0.15, 0.2) is 0 Å². The van der Waals surface area contributed by atoms with Gasteiger partial charge in [0.25, 0.3) is 0 Å². The molecule has 11 heavy (non-hydrogen) atoms. The SMILES string of the molecule is O=C(O)CCCC(Cl)C(Cl)Cl. The molecule has 2 nitrogen and oxygen atoms in total. The third-order valence-corrected chi connectivity index (χ3v) is 2.48. The number of carbonyl (C=O) groups is 1. The van der Waals surface area contributed by atoms with Crippen LogP contribution in [0, 0.1) is 0 Å². The van der Waals surface area contributed by atoms with E-state index in [0.717, 1.165) is 0 Å². The maximum Gasteiger partial charge on any atom is 0.303 e. The fourth-order valence-corrected chi connectivity index (χ4v) is 0.981.